The molecule has 2 aromatic rings. The number of halogens is 2. The molecule has 18 heavy (non-hydrogen) atoms. The molecular weight excluding hydrogens is 236 g/mol. The SMILES string of the molecule is N#CC(F)(F)c1ccc(Oc2ccccc2)cc1. The number of hydrogen-bond acceptors (Lipinski definition) is 2. The Labute approximate surface area is 103 Å². The van der Waals surface area contributed by atoms with Crippen molar-refractivity contribution in [2.75, 3.05) is 0 Å². The van der Waals surface area contributed by atoms with Crippen LogP contribution in [0.1, 0.15) is 5.56 Å². The second-order valence-corrected chi connectivity index (χ2v) is 3.63. The Hall–Kier alpha value is -2.41. The fourth-order valence-corrected chi connectivity index (χ4v) is 1.42. The standard InChI is InChI=1S/C14H9F2NO/c15-14(16,10-17)11-6-8-13(9-7-11)18-12-4-2-1-3-5-12/h1-9H. The minimum absolute atomic E-state index is 0.342. The summed E-state index contributed by atoms with van der Waals surface area (Å²) in [5.74, 6) is -2.40. The molecule has 2 rings (SSSR count). The molecule has 0 aliphatic heterocycles. The topological polar surface area (TPSA) is 33.0 Å². The number of para-hydroxylation sites is 1. The van der Waals surface area contributed by atoms with Crippen LogP contribution in [0.2, 0.25) is 0 Å². The zero-order valence-electron chi connectivity index (χ0n) is 9.31. The first kappa shape index (κ1) is 12.1. The Bertz CT molecular complexity index is 559. The van der Waals surface area contributed by atoms with Gasteiger partial charge in [0.25, 0.3) is 0 Å². The summed E-state index contributed by atoms with van der Waals surface area (Å²) in [6.45, 7) is 0. The molecule has 0 aromatic heterocycles. The monoisotopic (exact) mass is 245 g/mol. The van der Waals surface area contributed by atoms with E-state index < -0.39 is 5.92 Å². The highest BCUT2D eigenvalue weighted by atomic mass is 19.3. The zero-order chi connectivity index (χ0) is 13.0. The van der Waals surface area contributed by atoms with E-state index in [1.54, 1.807) is 12.1 Å². The first-order valence-electron chi connectivity index (χ1n) is 5.24. The first-order valence-corrected chi connectivity index (χ1v) is 5.24. The van der Waals surface area contributed by atoms with Crippen LogP contribution in [0.25, 0.3) is 0 Å². The van der Waals surface area contributed by atoms with Crippen LogP contribution in [0.3, 0.4) is 0 Å². The van der Waals surface area contributed by atoms with Crippen LogP contribution in [0.4, 0.5) is 8.78 Å². The van der Waals surface area contributed by atoms with Crippen LogP contribution in [-0.4, -0.2) is 0 Å². The number of rotatable bonds is 3. The molecule has 0 amide bonds. The third-order valence-corrected chi connectivity index (χ3v) is 2.34. The van der Waals surface area contributed by atoms with Crippen LogP contribution < -0.4 is 4.74 Å². The third kappa shape index (κ3) is 2.64. The van der Waals surface area contributed by atoms with Gasteiger partial charge in [0.15, 0.2) is 0 Å². The summed E-state index contributed by atoms with van der Waals surface area (Å²) < 4.78 is 31.5. The van der Waals surface area contributed by atoms with Crippen molar-refractivity contribution in [3.05, 3.63) is 60.2 Å². The number of nitrogens with zero attached hydrogens (tertiary/aromatic N) is 1. The maximum atomic E-state index is 13.0. The molecule has 2 nitrogen and oxygen atoms in total. The van der Waals surface area contributed by atoms with Crippen molar-refractivity contribution in [3.63, 3.8) is 0 Å². The largest absolute Gasteiger partial charge is 0.457 e. The van der Waals surface area contributed by atoms with Gasteiger partial charge in [0.05, 0.1) is 0 Å². The smallest absolute Gasteiger partial charge is 0.357 e. The second-order valence-electron chi connectivity index (χ2n) is 3.63. The van der Waals surface area contributed by atoms with Gasteiger partial charge >= 0.3 is 5.92 Å². The average Bonchev–Trinajstić information content (AvgIpc) is 2.40. The van der Waals surface area contributed by atoms with E-state index in [-0.39, 0.29) is 5.56 Å². The molecule has 0 saturated heterocycles. The van der Waals surface area contributed by atoms with E-state index in [2.05, 4.69) is 0 Å². The van der Waals surface area contributed by atoms with Crippen LogP contribution in [0, 0.1) is 11.3 Å². The number of nitriles is 1. The van der Waals surface area contributed by atoms with Gasteiger partial charge in [-0.2, -0.15) is 14.0 Å². The van der Waals surface area contributed by atoms with Crippen molar-refractivity contribution < 1.29 is 13.5 Å². The minimum atomic E-state index is -3.47. The summed E-state index contributed by atoms with van der Waals surface area (Å²) in [4.78, 5) is 0. The number of alkyl halides is 2. The first-order chi connectivity index (χ1) is 8.62. The van der Waals surface area contributed by atoms with E-state index in [0.29, 0.717) is 11.5 Å². The number of ether oxygens (including phenoxy) is 1. The maximum absolute atomic E-state index is 13.0. The lowest BCUT2D eigenvalue weighted by Gasteiger charge is -2.09. The fraction of sp³-hybridized carbons (Fsp3) is 0.0714. The Morgan fingerprint density at radius 1 is 0.889 bits per heavy atom. The molecule has 0 aliphatic rings. The highest BCUT2D eigenvalue weighted by molar-refractivity contribution is 5.35. The van der Waals surface area contributed by atoms with E-state index in [9.17, 15) is 8.78 Å². The van der Waals surface area contributed by atoms with Gasteiger partial charge in [-0.1, -0.05) is 18.2 Å². The summed E-state index contributed by atoms with van der Waals surface area (Å²) in [6.07, 6.45) is 0. The van der Waals surface area contributed by atoms with Crippen LogP contribution in [-0.2, 0) is 5.92 Å². The summed E-state index contributed by atoms with van der Waals surface area (Å²) >= 11 is 0. The molecule has 0 unspecified atom stereocenters. The predicted molar refractivity (Wildman–Crippen MR) is 62.5 cm³/mol. The van der Waals surface area contributed by atoms with Gasteiger partial charge in [-0.25, -0.2) is 0 Å². The maximum Gasteiger partial charge on any atom is 0.357 e. The zero-order valence-corrected chi connectivity index (χ0v) is 9.31. The van der Waals surface area contributed by atoms with Gasteiger partial charge in [0, 0.05) is 5.56 Å². The van der Waals surface area contributed by atoms with E-state index in [0.717, 1.165) is 6.07 Å². The van der Waals surface area contributed by atoms with Crippen LogP contribution in [0.5, 0.6) is 11.5 Å². The molecular formula is C14H9F2NO. The molecule has 0 aliphatic carbocycles. The lowest BCUT2D eigenvalue weighted by molar-refractivity contribution is 0.0612. The van der Waals surface area contributed by atoms with E-state index >= 15 is 0 Å². The molecule has 0 heterocycles. The fourth-order valence-electron chi connectivity index (χ4n) is 1.42. The summed E-state index contributed by atoms with van der Waals surface area (Å²) in [7, 11) is 0. The molecule has 2 aromatic carbocycles. The summed E-state index contributed by atoms with van der Waals surface area (Å²) in [6, 6.07) is 15.1. The van der Waals surface area contributed by atoms with Crippen molar-refractivity contribution in [1.29, 1.82) is 5.26 Å². The Kier molecular flexibility index (Phi) is 3.24. The van der Waals surface area contributed by atoms with Crippen molar-refractivity contribution in [1.82, 2.24) is 0 Å². The van der Waals surface area contributed by atoms with Gasteiger partial charge in [-0.3, -0.25) is 0 Å². The van der Waals surface area contributed by atoms with Gasteiger partial charge in [0.1, 0.15) is 17.6 Å². The van der Waals surface area contributed by atoms with Gasteiger partial charge < -0.3 is 4.74 Å². The Balaban J connectivity index is 2.17. The molecule has 4 heteroatoms. The van der Waals surface area contributed by atoms with Crippen molar-refractivity contribution in [2.45, 2.75) is 5.92 Å². The minimum Gasteiger partial charge on any atom is -0.457 e. The molecule has 0 radical (unpaired) electrons. The van der Waals surface area contributed by atoms with Gasteiger partial charge in [0.2, 0.25) is 0 Å². The second kappa shape index (κ2) is 4.84. The molecule has 0 bridgehead atoms. The third-order valence-electron chi connectivity index (χ3n) is 2.34. The molecule has 0 atom stereocenters. The van der Waals surface area contributed by atoms with Gasteiger partial charge in [-0.05, 0) is 36.4 Å². The van der Waals surface area contributed by atoms with Crippen molar-refractivity contribution >= 4 is 0 Å². The highest BCUT2D eigenvalue weighted by Gasteiger charge is 2.30. The molecule has 0 N–H and O–H groups in total. The van der Waals surface area contributed by atoms with Crippen LogP contribution in [0.15, 0.2) is 54.6 Å². The van der Waals surface area contributed by atoms with Crippen molar-refractivity contribution in [3.8, 4) is 17.6 Å². The normalized spacial score (nSPS) is 10.7. The highest BCUT2D eigenvalue weighted by Crippen LogP contribution is 2.29. The van der Waals surface area contributed by atoms with E-state index in [1.807, 2.05) is 18.2 Å². The lowest BCUT2D eigenvalue weighted by Crippen LogP contribution is -2.09. The predicted octanol–water partition coefficient (Wildman–Crippen LogP) is 4.09. The van der Waals surface area contributed by atoms with E-state index in [4.69, 9.17) is 10.00 Å². The molecule has 0 spiro atoms. The average molecular weight is 245 g/mol. The van der Waals surface area contributed by atoms with Gasteiger partial charge in [-0.15, -0.1) is 0 Å². The summed E-state index contributed by atoms with van der Waals surface area (Å²) in [5.41, 5.74) is -0.342. The number of benzene rings is 2. The van der Waals surface area contributed by atoms with Crippen molar-refractivity contribution in [2.24, 2.45) is 0 Å². The molecule has 90 valence electrons. The molecule has 0 saturated carbocycles. The lowest BCUT2D eigenvalue weighted by atomic mass is 10.1. The molecule has 0 fully saturated rings. The quantitative estimate of drug-likeness (QED) is 0.815. The van der Waals surface area contributed by atoms with Crippen LogP contribution >= 0.6 is 0 Å². The van der Waals surface area contributed by atoms with E-state index in [1.165, 1.54) is 24.3 Å². The summed E-state index contributed by atoms with van der Waals surface area (Å²) in [5, 5.41) is 8.32. The Morgan fingerprint density at radius 2 is 1.44 bits per heavy atom. The number of hydrogen-bond donors (Lipinski definition) is 0. The Morgan fingerprint density at radius 3 is 2.00 bits per heavy atom.